The maximum Gasteiger partial charge on any atom is 0.340 e. The third-order valence-electron chi connectivity index (χ3n) is 4.42. The van der Waals surface area contributed by atoms with Crippen molar-refractivity contribution in [2.75, 3.05) is 6.61 Å². The van der Waals surface area contributed by atoms with Crippen LogP contribution in [0.3, 0.4) is 0 Å². The fourth-order valence-electron chi connectivity index (χ4n) is 2.91. The summed E-state index contributed by atoms with van der Waals surface area (Å²) in [6, 6.07) is 9.71. The summed E-state index contributed by atoms with van der Waals surface area (Å²) in [5.74, 6) is -0.512. The van der Waals surface area contributed by atoms with E-state index >= 15 is 0 Å². The zero-order valence-electron chi connectivity index (χ0n) is 16.3. The molecular weight excluding hydrogens is 340 g/mol. The first-order valence-corrected chi connectivity index (χ1v) is 8.92. The fourth-order valence-corrected chi connectivity index (χ4v) is 2.91. The van der Waals surface area contributed by atoms with E-state index in [2.05, 4.69) is 18.8 Å². The van der Waals surface area contributed by atoms with Crippen LogP contribution in [0, 0.1) is 25.2 Å². The molecule has 0 unspecified atom stereocenters. The molecule has 1 aromatic carbocycles. The Bertz CT molecular complexity index is 926. The van der Waals surface area contributed by atoms with E-state index < -0.39 is 11.8 Å². The average molecular weight is 364 g/mol. The van der Waals surface area contributed by atoms with Gasteiger partial charge in [-0.05, 0) is 49.5 Å². The Labute approximate surface area is 159 Å². The van der Waals surface area contributed by atoms with Crippen LogP contribution in [0.2, 0.25) is 0 Å². The highest BCUT2D eigenvalue weighted by molar-refractivity contribution is 6.15. The number of nitrogens with zero attached hydrogens (tertiary/aromatic N) is 1. The van der Waals surface area contributed by atoms with Gasteiger partial charge in [0.05, 0.1) is 17.9 Å². The van der Waals surface area contributed by atoms with Gasteiger partial charge in [0.25, 0.3) is 0 Å². The first kappa shape index (κ1) is 20.2. The lowest BCUT2D eigenvalue weighted by molar-refractivity contribution is 0.0525. The zero-order chi connectivity index (χ0) is 20.1. The number of rotatable bonds is 6. The molecule has 0 aliphatic carbocycles. The van der Waals surface area contributed by atoms with Crippen molar-refractivity contribution in [2.45, 2.75) is 40.5 Å². The molecule has 0 spiro atoms. The molecule has 0 amide bonds. The van der Waals surface area contributed by atoms with Crippen LogP contribution in [-0.2, 0) is 4.74 Å². The molecular formula is C22H24N2O3. The first-order valence-electron chi connectivity index (χ1n) is 8.92. The van der Waals surface area contributed by atoms with Crippen LogP contribution < -0.4 is 0 Å². The number of H-pyrrole nitrogens is 1. The number of hydrogen-bond acceptors (Lipinski definition) is 4. The summed E-state index contributed by atoms with van der Waals surface area (Å²) in [7, 11) is 0. The molecule has 2 aromatic rings. The van der Waals surface area contributed by atoms with Crippen LogP contribution in [0.5, 0.6) is 0 Å². The quantitative estimate of drug-likeness (QED) is 0.348. The van der Waals surface area contributed by atoms with Crippen LogP contribution >= 0.6 is 0 Å². The number of ketones is 1. The van der Waals surface area contributed by atoms with E-state index in [1.807, 2.05) is 30.3 Å². The van der Waals surface area contributed by atoms with Gasteiger partial charge in [-0.25, -0.2) is 4.79 Å². The monoisotopic (exact) mass is 364 g/mol. The maximum atomic E-state index is 12.8. The largest absolute Gasteiger partial charge is 0.462 e. The summed E-state index contributed by atoms with van der Waals surface area (Å²) in [5, 5.41) is 9.48. The molecule has 1 N–H and O–H groups in total. The fraction of sp³-hybridized carbons (Fsp3) is 0.318. The zero-order valence-corrected chi connectivity index (χ0v) is 16.3. The number of hydrogen-bond donors (Lipinski definition) is 1. The van der Waals surface area contributed by atoms with Crippen molar-refractivity contribution < 1.29 is 14.3 Å². The number of Topliss-reactive ketones (excluding diaryl/α,β-unsaturated/α-hetero) is 1. The molecule has 0 bridgehead atoms. The van der Waals surface area contributed by atoms with Crippen LogP contribution in [-0.4, -0.2) is 23.3 Å². The minimum Gasteiger partial charge on any atom is -0.462 e. The van der Waals surface area contributed by atoms with Crippen LogP contribution in [0.1, 0.15) is 69.9 Å². The molecule has 0 radical (unpaired) electrons. The number of esters is 1. The van der Waals surface area contributed by atoms with Crippen LogP contribution in [0.15, 0.2) is 29.8 Å². The van der Waals surface area contributed by atoms with Crippen molar-refractivity contribution in [3.63, 3.8) is 0 Å². The Kier molecular flexibility index (Phi) is 6.36. The number of allylic oxidation sites excluding steroid dienone is 1. The molecule has 0 atom stereocenters. The van der Waals surface area contributed by atoms with Crippen LogP contribution in [0.4, 0.5) is 0 Å². The number of aryl methyl sites for hydroxylation is 1. The number of carbonyl (C=O) groups excluding carboxylic acids is 2. The predicted octanol–water partition coefficient (Wildman–Crippen LogP) is 4.72. The molecule has 2 rings (SSSR count). The minimum atomic E-state index is -0.477. The topological polar surface area (TPSA) is 83.0 Å². The number of carbonyl (C=O) groups is 2. The van der Waals surface area contributed by atoms with Gasteiger partial charge in [0, 0.05) is 5.69 Å². The summed E-state index contributed by atoms with van der Waals surface area (Å²) >= 11 is 0. The minimum absolute atomic E-state index is 0.00653. The standard InChI is InChI=1S/C22H24N2O3/c1-6-27-22(26)19-14(4)20(24-15(19)5)21(25)18(12-23)11-16-7-9-17(10-8-16)13(2)3/h7-11,13,24H,6H2,1-5H3. The predicted molar refractivity (Wildman–Crippen MR) is 105 cm³/mol. The van der Waals surface area contributed by atoms with E-state index in [9.17, 15) is 14.9 Å². The lowest BCUT2D eigenvalue weighted by Gasteiger charge is -2.05. The number of nitrogens with one attached hydrogen (secondary N) is 1. The van der Waals surface area contributed by atoms with E-state index in [1.54, 1.807) is 26.8 Å². The number of aromatic amines is 1. The Morgan fingerprint density at radius 2 is 1.85 bits per heavy atom. The van der Waals surface area contributed by atoms with E-state index in [-0.39, 0.29) is 17.9 Å². The van der Waals surface area contributed by atoms with Crippen molar-refractivity contribution in [1.29, 1.82) is 5.26 Å². The molecule has 1 aromatic heterocycles. The molecule has 0 saturated carbocycles. The van der Waals surface area contributed by atoms with Gasteiger partial charge in [-0.2, -0.15) is 5.26 Å². The molecule has 1 heterocycles. The van der Waals surface area contributed by atoms with Gasteiger partial charge >= 0.3 is 5.97 Å². The van der Waals surface area contributed by atoms with Gasteiger partial charge in [0.2, 0.25) is 5.78 Å². The molecule has 0 fully saturated rings. The van der Waals surface area contributed by atoms with Gasteiger partial charge in [-0.15, -0.1) is 0 Å². The summed E-state index contributed by atoms with van der Waals surface area (Å²) in [6.45, 7) is 9.56. The van der Waals surface area contributed by atoms with Crippen molar-refractivity contribution in [3.05, 3.63) is 63.5 Å². The molecule has 5 nitrogen and oxygen atoms in total. The molecule has 5 heteroatoms. The van der Waals surface area contributed by atoms with Crippen molar-refractivity contribution in [2.24, 2.45) is 0 Å². The summed E-state index contributed by atoms with van der Waals surface area (Å²) in [6.07, 6.45) is 1.56. The molecule has 27 heavy (non-hydrogen) atoms. The summed E-state index contributed by atoms with van der Waals surface area (Å²) in [5.41, 5.74) is 3.59. The lowest BCUT2D eigenvalue weighted by atomic mass is 9.99. The smallest absolute Gasteiger partial charge is 0.340 e. The van der Waals surface area contributed by atoms with Crippen molar-refractivity contribution in [3.8, 4) is 6.07 Å². The van der Waals surface area contributed by atoms with E-state index in [0.717, 1.165) is 5.56 Å². The van der Waals surface area contributed by atoms with Crippen molar-refractivity contribution in [1.82, 2.24) is 4.98 Å². The number of ether oxygens (including phenoxy) is 1. The third kappa shape index (κ3) is 4.35. The van der Waals surface area contributed by atoms with E-state index in [0.29, 0.717) is 22.7 Å². The lowest BCUT2D eigenvalue weighted by Crippen LogP contribution is -2.08. The second-order valence-corrected chi connectivity index (χ2v) is 6.67. The highest BCUT2D eigenvalue weighted by Gasteiger charge is 2.24. The van der Waals surface area contributed by atoms with Gasteiger partial charge in [-0.3, -0.25) is 4.79 Å². The maximum absolute atomic E-state index is 12.8. The van der Waals surface area contributed by atoms with Crippen molar-refractivity contribution >= 4 is 17.8 Å². The second-order valence-electron chi connectivity index (χ2n) is 6.67. The summed E-state index contributed by atoms with van der Waals surface area (Å²) < 4.78 is 5.05. The SMILES string of the molecule is CCOC(=O)c1c(C)[nH]c(C(=O)C(C#N)=Cc2ccc(C(C)C)cc2)c1C. The van der Waals surface area contributed by atoms with E-state index in [4.69, 9.17) is 4.74 Å². The Balaban J connectivity index is 2.39. The highest BCUT2D eigenvalue weighted by Crippen LogP contribution is 2.23. The second kappa shape index (κ2) is 8.50. The summed E-state index contributed by atoms with van der Waals surface area (Å²) in [4.78, 5) is 27.9. The normalized spacial score (nSPS) is 11.4. The molecule has 0 saturated heterocycles. The number of aromatic nitrogens is 1. The first-order chi connectivity index (χ1) is 12.8. The average Bonchev–Trinajstić information content (AvgIpc) is 2.94. The Morgan fingerprint density at radius 1 is 1.22 bits per heavy atom. The van der Waals surface area contributed by atoms with Crippen LogP contribution in [0.25, 0.3) is 6.08 Å². The third-order valence-corrected chi connectivity index (χ3v) is 4.42. The molecule has 140 valence electrons. The highest BCUT2D eigenvalue weighted by atomic mass is 16.5. The molecule has 0 aliphatic heterocycles. The van der Waals surface area contributed by atoms with E-state index in [1.165, 1.54) is 5.56 Å². The Hall–Kier alpha value is -3.13. The van der Waals surface area contributed by atoms with Gasteiger partial charge in [0.1, 0.15) is 11.6 Å². The Morgan fingerprint density at radius 3 is 2.37 bits per heavy atom. The van der Waals surface area contributed by atoms with Gasteiger partial charge < -0.3 is 9.72 Å². The number of benzene rings is 1. The number of nitriles is 1. The molecule has 0 aliphatic rings. The van der Waals surface area contributed by atoms with Gasteiger partial charge in [-0.1, -0.05) is 38.1 Å². The van der Waals surface area contributed by atoms with Gasteiger partial charge in [0.15, 0.2) is 0 Å².